The Balaban J connectivity index is 1.89. The number of hydrogen-bond acceptors (Lipinski definition) is 4. The highest BCUT2D eigenvalue weighted by atomic mass is 32.2. The van der Waals surface area contributed by atoms with Crippen molar-refractivity contribution in [3.05, 3.63) is 59.9 Å². The average Bonchev–Trinajstić information content (AvgIpc) is 2.52. The number of pyridine rings is 1. The van der Waals surface area contributed by atoms with Crippen molar-refractivity contribution in [2.75, 3.05) is 6.54 Å². The molecule has 0 spiro atoms. The highest BCUT2D eigenvalue weighted by Crippen LogP contribution is 2.13. The van der Waals surface area contributed by atoms with E-state index >= 15 is 0 Å². The molecule has 0 aliphatic rings. The first-order chi connectivity index (χ1) is 10.5. The summed E-state index contributed by atoms with van der Waals surface area (Å²) >= 11 is 0. The number of carbonyl (C=O) groups excluding carboxylic acids is 1. The minimum atomic E-state index is -3.69. The Hall–Kier alpha value is -2.25. The first-order valence-corrected chi connectivity index (χ1v) is 8.18. The smallest absolute Gasteiger partial charge is 0.241 e. The third kappa shape index (κ3) is 4.37. The predicted molar refractivity (Wildman–Crippen MR) is 82.5 cm³/mol. The molecule has 116 valence electrons. The minimum Gasteiger partial charge on any atom is -0.351 e. The summed E-state index contributed by atoms with van der Waals surface area (Å²) in [6, 6.07) is 10.2. The van der Waals surface area contributed by atoms with Crippen LogP contribution in [0.5, 0.6) is 0 Å². The molecule has 0 saturated heterocycles. The van der Waals surface area contributed by atoms with Crippen LogP contribution in [0.15, 0.2) is 53.7 Å². The van der Waals surface area contributed by atoms with Crippen LogP contribution in [0.3, 0.4) is 0 Å². The van der Waals surface area contributed by atoms with E-state index in [4.69, 9.17) is 0 Å². The van der Waals surface area contributed by atoms with Crippen molar-refractivity contribution in [1.82, 2.24) is 15.0 Å². The average molecular weight is 319 g/mol. The number of benzene rings is 1. The van der Waals surface area contributed by atoms with Crippen LogP contribution in [0.4, 0.5) is 0 Å². The van der Waals surface area contributed by atoms with E-state index in [9.17, 15) is 13.2 Å². The fourth-order valence-corrected chi connectivity index (χ4v) is 3.09. The largest absolute Gasteiger partial charge is 0.351 e. The van der Waals surface area contributed by atoms with Crippen LogP contribution in [0, 0.1) is 6.92 Å². The lowest BCUT2D eigenvalue weighted by Gasteiger charge is -2.09. The van der Waals surface area contributed by atoms with Gasteiger partial charge in [0, 0.05) is 18.9 Å². The Morgan fingerprint density at radius 1 is 1.14 bits per heavy atom. The molecule has 1 aromatic heterocycles. The lowest BCUT2D eigenvalue weighted by atomic mass is 10.2. The zero-order valence-electron chi connectivity index (χ0n) is 12.1. The van der Waals surface area contributed by atoms with E-state index in [-0.39, 0.29) is 11.4 Å². The fourth-order valence-electron chi connectivity index (χ4n) is 1.86. The van der Waals surface area contributed by atoms with Gasteiger partial charge in [0.15, 0.2) is 0 Å². The molecule has 6 nitrogen and oxygen atoms in total. The molecule has 2 N–H and O–H groups in total. The van der Waals surface area contributed by atoms with E-state index in [0.29, 0.717) is 12.1 Å². The topological polar surface area (TPSA) is 88.2 Å². The van der Waals surface area contributed by atoms with Gasteiger partial charge in [-0.3, -0.25) is 9.78 Å². The van der Waals surface area contributed by atoms with Crippen LogP contribution < -0.4 is 10.0 Å². The molecule has 0 unspecified atom stereocenters. The molecule has 0 atom stereocenters. The van der Waals surface area contributed by atoms with Gasteiger partial charge in [-0.25, -0.2) is 13.1 Å². The number of amides is 1. The summed E-state index contributed by atoms with van der Waals surface area (Å²) in [4.78, 5) is 15.8. The standard InChI is InChI=1S/C15H17N3O3S/c1-12-4-2-3-5-14(12)22(20,21)18-11-15(19)17-10-13-6-8-16-9-7-13/h2-9,18H,10-11H2,1H3,(H,17,19). The number of nitrogens with zero attached hydrogens (tertiary/aromatic N) is 1. The van der Waals surface area contributed by atoms with Crippen LogP contribution in [0.25, 0.3) is 0 Å². The lowest BCUT2D eigenvalue weighted by Crippen LogP contribution is -2.36. The SMILES string of the molecule is Cc1ccccc1S(=O)(=O)NCC(=O)NCc1ccncc1. The Morgan fingerprint density at radius 3 is 2.50 bits per heavy atom. The van der Waals surface area contributed by atoms with Gasteiger partial charge in [-0.1, -0.05) is 18.2 Å². The molecule has 7 heteroatoms. The molecule has 2 rings (SSSR count). The second-order valence-electron chi connectivity index (χ2n) is 4.72. The lowest BCUT2D eigenvalue weighted by molar-refractivity contribution is -0.120. The second-order valence-corrected chi connectivity index (χ2v) is 6.46. The molecule has 0 aliphatic carbocycles. The molecular formula is C15H17N3O3S. The third-order valence-electron chi connectivity index (χ3n) is 3.04. The Bertz CT molecular complexity index is 746. The van der Waals surface area contributed by atoms with Gasteiger partial charge in [-0.2, -0.15) is 0 Å². The fraction of sp³-hybridized carbons (Fsp3) is 0.200. The van der Waals surface area contributed by atoms with Crippen molar-refractivity contribution >= 4 is 15.9 Å². The molecule has 2 aromatic rings. The van der Waals surface area contributed by atoms with Gasteiger partial charge in [0.05, 0.1) is 11.4 Å². The van der Waals surface area contributed by atoms with E-state index in [1.807, 2.05) is 0 Å². The monoisotopic (exact) mass is 319 g/mol. The van der Waals surface area contributed by atoms with Gasteiger partial charge in [0.1, 0.15) is 0 Å². The number of carbonyl (C=O) groups is 1. The van der Waals surface area contributed by atoms with E-state index in [1.165, 1.54) is 6.07 Å². The summed E-state index contributed by atoms with van der Waals surface area (Å²) in [5, 5.41) is 2.64. The number of nitrogens with one attached hydrogen (secondary N) is 2. The van der Waals surface area contributed by atoms with Crippen molar-refractivity contribution in [2.24, 2.45) is 0 Å². The molecule has 0 saturated carbocycles. The summed E-state index contributed by atoms with van der Waals surface area (Å²) < 4.78 is 26.6. The predicted octanol–water partition coefficient (Wildman–Crippen LogP) is 0.985. The Morgan fingerprint density at radius 2 is 1.82 bits per heavy atom. The quantitative estimate of drug-likeness (QED) is 0.831. The van der Waals surface area contributed by atoms with E-state index in [2.05, 4.69) is 15.0 Å². The van der Waals surface area contributed by atoms with Gasteiger partial charge in [0.25, 0.3) is 0 Å². The molecule has 22 heavy (non-hydrogen) atoms. The normalized spacial score (nSPS) is 11.1. The molecule has 0 bridgehead atoms. The van der Waals surface area contributed by atoms with Crippen molar-refractivity contribution in [3.63, 3.8) is 0 Å². The zero-order valence-corrected chi connectivity index (χ0v) is 12.9. The second kappa shape index (κ2) is 7.15. The third-order valence-corrected chi connectivity index (χ3v) is 4.61. The molecule has 1 heterocycles. The van der Waals surface area contributed by atoms with Crippen molar-refractivity contribution < 1.29 is 13.2 Å². The highest BCUT2D eigenvalue weighted by molar-refractivity contribution is 7.89. The number of aromatic nitrogens is 1. The van der Waals surface area contributed by atoms with Crippen LogP contribution in [0.1, 0.15) is 11.1 Å². The van der Waals surface area contributed by atoms with Crippen molar-refractivity contribution in [1.29, 1.82) is 0 Å². The summed E-state index contributed by atoms with van der Waals surface area (Å²) in [7, 11) is -3.69. The van der Waals surface area contributed by atoms with Crippen molar-refractivity contribution in [3.8, 4) is 0 Å². The van der Waals surface area contributed by atoms with Gasteiger partial charge >= 0.3 is 0 Å². The van der Waals surface area contributed by atoms with Gasteiger partial charge < -0.3 is 5.32 Å². The van der Waals surface area contributed by atoms with Crippen LogP contribution in [-0.2, 0) is 21.4 Å². The summed E-state index contributed by atoms with van der Waals surface area (Å²) in [5.74, 6) is -0.394. The first-order valence-electron chi connectivity index (χ1n) is 6.70. The number of hydrogen-bond donors (Lipinski definition) is 2. The number of aryl methyl sites for hydroxylation is 1. The van der Waals surface area contributed by atoms with Crippen molar-refractivity contribution in [2.45, 2.75) is 18.4 Å². The molecule has 0 aliphatic heterocycles. The Kier molecular flexibility index (Phi) is 5.24. The molecular weight excluding hydrogens is 302 g/mol. The van der Waals surface area contributed by atoms with Gasteiger partial charge in [0.2, 0.25) is 15.9 Å². The molecule has 0 fully saturated rings. The Labute approximate surface area is 129 Å². The highest BCUT2D eigenvalue weighted by Gasteiger charge is 2.17. The number of rotatable bonds is 6. The first kappa shape index (κ1) is 16.1. The number of sulfonamides is 1. The van der Waals surface area contributed by atoms with E-state index in [1.54, 1.807) is 49.6 Å². The molecule has 0 radical (unpaired) electrons. The van der Waals surface area contributed by atoms with Crippen LogP contribution in [0.2, 0.25) is 0 Å². The molecule has 1 amide bonds. The maximum Gasteiger partial charge on any atom is 0.241 e. The maximum absolute atomic E-state index is 12.1. The molecule has 1 aromatic carbocycles. The van der Waals surface area contributed by atoms with Gasteiger partial charge in [-0.15, -0.1) is 0 Å². The maximum atomic E-state index is 12.1. The van der Waals surface area contributed by atoms with E-state index < -0.39 is 15.9 Å². The van der Waals surface area contributed by atoms with Crippen LogP contribution in [-0.4, -0.2) is 25.9 Å². The van der Waals surface area contributed by atoms with Crippen LogP contribution >= 0.6 is 0 Å². The summed E-state index contributed by atoms with van der Waals surface area (Å²) in [5.41, 5.74) is 1.53. The minimum absolute atomic E-state index is 0.178. The summed E-state index contributed by atoms with van der Waals surface area (Å²) in [6.45, 7) is 1.73. The zero-order chi connectivity index (χ0) is 16.0. The summed E-state index contributed by atoms with van der Waals surface area (Å²) in [6.07, 6.45) is 3.25. The van der Waals surface area contributed by atoms with E-state index in [0.717, 1.165) is 5.56 Å². The van der Waals surface area contributed by atoms with Gasteiger partial charge in [-0.05, 0) is 36.2 Å².